The lowest BCUT2D eigenvalue weighted by atomic mass is 10.1. The molecule has 1 atom stereocenters. The van der Waals surface area contributed by atoms with Crippen molar-refractivity contribution in [2.45, 2.75) is 25.9 Å². The van der Waals surface area contributed by atoms with Gasteiger partial charge in [0.25, 0.3) is 0 Å². The van der Waals surface area contributed by atoms with Crippen molar-refractivity contribution >= 4 is 0 Å². The summed E-state index contributed by atoms with van der Waals surface area (Å²) in [5.41, 5.74) is 0.837. The Bertz CT molecular complexity index is 400. The van der Waals surface area contributed by atoms with Gasteiger partial charge in [-0.1, -0.05) is 6.07 Å². The fraction of sp³-hybridized carbons (Fsp3) is 0.600. The minimum absolute atomic E-state index is 0.493. The predicted molar refractivity (Wildman–Crippen MR) is 74.8 cm³/mol. The predicted octanol–water partition coefficient (Wildman–Crippen LogP) is 2.22. The molecule has 2 rings (SSSR count). The highest BCUT2D eigenvalue weighted by molar-refractivity contribution is 5.43. The topological polar surface area (TPSA) is 41.9 Å². The van der Waals surface area contributed by atoms with Crippen LogP contribution in [0, 0.1) is 0 Å². The molecule has 106 valence electrons. The van der Waals surface area contributed by atoms with Crippen LogP contribution >= 0.6 is 0 Å². The fourth-order valence-corrected chi connectivity index (χ4v) is 2.35. The van der Waals surface area contributed by atoms with E-state index in [1.165, 1.54) is 25.9 Å². The summed E-state index contributed by atoms with van der Waals surface area (Å²) < 4.78 is 11.1. The molecule has 19 heavy (non-hydrogen) atoms. The summed E-state index contributed by atoms with van der Waals surface area (Å²) in [7, 11) is 1.62. The maximum Gasteiger partial charge on any atom is 0.161 e. The van der Waals surface area contributed by atoms with E-state index in [9.17, 15) is 5.11 Å². The molecule has 0 aliphatic carbocycles. The molecule has 1 aromatic rings. The monoisotopic (exact) mass is 265 g/mol. The smallest absolute Gasteiger partial charge is 0.161 e. The van der Waals surface area contributed by atoms with E-state index in [0.717, 1.165) is 17.9 Å². The first kappa shape index (κ1) is 14.2. The summed E-state index contributed by atoms with van der Waals surface area (Å²) in [5.74, 6) is 1.42. The van der Waals surface area contributed by atoms with Crippen molar-refractivity contribution in [3.63, 3.8) is 0 Å². The molecule has 0 aromatic heterocycles. The van der Waals surface area contributed by atoms with Gasteiger partial charge in [-0.05, 0) is 50.6 Å². The molecule has 1 aliphatic rings. The molecule has 1 aliphatic heterocycles. The van der Waals surface area contributed by atoms with Crippen molar-refractivity contribution in [1.29, 1.82) is 0 Å². The molecule has 4 heteroatoms. The van der Waals surface area contributed by atoms with E-state index in [1.54, 1.807) is 14.0 Å². The van der Waals surface area contributed by atoms with Gasteiger partial charge in [0.2, 0.25) is 0 Å². The Labute approximate surface area is 114 Å². The van der Waals surface area contributed by atoms with Crippen molar-refractivity contribution in [2.75, 3.05) is 33.4 Å². The van der Waals surface area contributed by atoms with Gasteiger partial charge in [0.05, 0.1) is 13.2 Å². The Morgan fingerprint density at radius 1 is 1.26 bits per heavy atom. The molecule has 0 amide bonds. The summed E-state index contributed by atoms with van der Waals surface area (Å²) in [6.45, 7) is 5.73. The highest BCUT2D eigenvalue weighted by Gasteiger charge is 2.12. The van der Waals surface area contributed by atoms with Gasteiger partial charge in [-0.3, -0.25) is 4.90 Å². The van der Waals surface area contributed by atoms with Crippen LogP contribution in [-0.2, 0) is 0 Å². The second-order valence-corrected chi connectivity index (χ2v) is 4.98. The van der Waals surface area contributed by atoms with E-state index >= 15 is 0 Å². The first-order valence-electron chi connectivity index (χ1n) is 6.92. The molecular weight excluding hydrogens is 242 g/mol. The molecule has 1 aromatic carbocycles. The van der Waals surface area contributed by atoms with Gasteiger partial charge in [-0.2, -0.15) is 0 Å². The largest absolute Gasteiger partial charge is 0.493 e. The Balaban J connectivity index is 1.91. The van der Waals surface area contributed by atoms with Crippen LogP contribution in [0.3, 0.4) is 0 Å². The van der Waals surface area contributed by atoms with E-state index < -0.39 is 6.10 Å². The first-order chi connectivity index (χ1) is 9.20. The Morgan fingerprint density at radius 2 is 2.00 bits per heavy atom. The summed E-state index contributed by atoms with van der Waals surface area (Å²) >= 11 is 0. The first-order valence-corrected chi connectivity index (χ1v) is 6.92. The molecule has 1 saturated heterocycles. The Kier molecular flexibility index (Phi) is 5.05. The van der Waals surface area contributed by atoms with Gasteiger partial charge in [-0.25, -0.2) is 0 Å². The molecule has 0 bridgehead atoms. The van der Waals surface area contributed by atoms with Crippen LogP contribution in [0.5, 0.6) is 11.5 Å². The van der Waals surface area contributed by atoms with Gasteiger partial charge in [-0.15, -0.1) is 0 Å². The molecule has 0 spiro atoms. The zero-order valence-corrected chi connectivity index (χ0v) is 11.8. The van der Waals surface area contributed by atoms with E-state index in [0.29, 0.717) is 12.4 Å². The van der Waals surface area contributed by atoms with Crippen molar-refractivity contribution in [3.8, 4) is 11.5 Å². The van der Waals surface area contributed by atoms with Gasteiger partial charge in [0.1, 0.15) is 6.61 Å². The number of rotatable bonds is 6. The summed E-state index contributed by atoms with van der Waals surface area (Å²) in [6.07, 6.45) is 2.10. The fourth-order valence-electron chi connectivity index (χ4n) is 2.35. The molecule has 1 N–H and O–H groups in total. The van der Waals surface area contributed by atoms with Gasteiger partial charge in [0, 0.05) is 6.54 Å². The van der Waals surface area contributed by atoms with Crippen LogP contribution in [0.4, 0.5) is 0 Å². The second-order valence-electron chi connectivity index (χ2n) is 4.98. The lowest BCUT2D eigenvalue weighted by Crippen LogP contribution is -2.25. The molecular formula is C15H23NO3. The minimum atomic E-state index is -0.493. The molecule has 1 heterocycles. The number of hydrogen-bond acceptors (Lipinski definition) is 4. The molecule has 0 radical (unpaired) electrons. The summed E-state index contributed by atoms with van der Waals surface area (Å²) in [6, 6.07) is 5.57. The van der Waals surface area contributed by atoms with E-state index in [-0.39, 0.29) is 0 Å². The number of hydrogen-bond donors (Lipinski definition) is 1. The third kappa shape index (κ3) is 3.85. The van der Waals surface area contributed by atoms with Crippen LogP contribution in [0.25, 0.3) is 0 Å². The van der Waals surface area contributed by atoms with Crippen molar-refractivity contribution in [3.05, 3.63) is 23.8 Å². The molecule has 4 nitrogen and oxygen atoms in total. The van der Waals surface area contributed by atoms with Crippen molar-refractivity contribution in [2.24, 2.45) is 0 Å². The summed E-state index contributed by atoms with van der Waals surface area (Å²) in [5, 5.41) is 9.55. The van der Waals surface area contributed by atoms with Crippen LogP contribution in [0.2, 0.25) is 0 Å². The third-order valence-corrected chi connectivity index (χ3v) is 3.53. The number of nitrogens with zero attached hydrogens (tertiary/aromatic N) is 1. The number of methoxy groups -OCH3 is 1. The zero-order valence-electron chi connectivity index (χ0n) is 11.8. The van der Waals surface area contributed by atoms with Crippen LogP contribution in [-0.4, -0.2) is 43.4 Å². The maximum absolute atomic E-state index is 9.55. The lowest BCUT2D eigenvalue weighted by Gasteiger charge is -2.17. The molecule has 1 unspecified atom stereocenters. The van der Waals surface area contributed by atoms with Gasteiger partial charge in [0.15, 0.2) is 11.5 Å². The van der Waals surface area contributed by atoms with Crippen LogP contribution in [0.1, 0.15) is 31.4 Å². The average Bonchev–Trinajstić information content (AvgIpc) is 2.92. The number of ether oxygens (including phenoxy) is 2. The Hall–Kier alpha value is -1.26. The van der Waals surface area contributed by atoms with Gasteiger partial charge >= 0.3 is 0 Å². The van der Waals surface area contributed by atoms with E-state index in [2.05, 4.69) is 4.90 Å². The van der Waals surface area contributed by atoms with Crippen LogP contribution in [0.15, 0.2) is 18.2 Å². The zero-order chi connectivity index (χ0) is 13.7. The van der Waals surface area contributed by atoms with Crippen LogP contribution < -0.4 is 9.47 Å². The SMILES string of the molecule is COc1cc(C(C)O)ccc1OCCN1CCCC1. The molecule has 0 saturated carbocycles. The van der Waals surface area contributed by atoms with Crippen molar-refractivity contribution in [1.82, 2.24) is 4.90 Å². The highest BCUT2D eigenvalue weighted by Crippen LogP contribution is 2.30. The van der Waals surface area contributed by atoms with Crippen molar-refractivity contribution < 1.29 is 14.6 Å². The average molecular weight is 265 g/mol. The quantitative estimate of drug-likeness (QED) is 0.856. The third-order valence-electron chi connectivity index (χ3n) is 3.53. The summed E-state index contributed by atoms with van der Waals surface area (Å²) in [4.78, 5) is 2.41. The number of likely N-dealkylation sites (tertiary alicyclic amines) is 1. The minimum Gasteiger partial charge on any atom is -0.493 e. The molecule has 1 fully saturated rings. The van der Waals surface area contributed by atoms with Gasteiger partial charge < -0.3 is 14.6 Å². The highest BCUT2D eigenvalue weighted by atomic mass is 16.5. The number of benzene rings is 1. The standard InChI is InChI=1S/C15H23NO3/c1-12(17)13-5-6-14(15(11-13)18-2)19-10-9-16-7-3-4-8-16/h5-6,11-12,17H,3-4,7-10H2,1-2H3. The second kappa shape index (κ2) is 6.78. The normalized spacial score (nSPS) is 17.4. The van der Waals surface area contributed by atoms with E-state index in [1.807, 2.05) is 18.2 Å². The lowest BCUT2D eigenvalue weighted by molar-refractivity contribution is 0.198. The number of aliphatic hydroxyl groups is 1. The van der Waals surface area contributed by atoms with E-state index in [4.69, 9.17) is 9.47 Å². The number of aliphatic hydroxyl groups excluding tert-OH is 1. The Morgan fingerprint density at radius 3 is 2.63 bits per heavy atom. The maximum atomic E-state index is 9.55.